The van der Waals surface area contributed by atoms with Gasteiger partial charge in [-0.3, -0.25) is 4.79 Å². The minimum absolute atomic E-state index is 0.297. The first-order chi connectivity index (χ1) is 10.6. The SMILES string of the molecule is CC(Oc1ccc(C#N)cc1)C(=O)Nc1ccc(C#N)cc1. The van der Waals surface area contributed by atoms with E-state index in [1.165, 1.54) is 0 Å². The minimum atomic E-state index is -0.691. The summed E-state index contributed by atoms with van der Waals surface area (Å²) in [6, 6.07) is 17.1. The Kier molecular flexibility index (Phi) is 4.74. The van der Waals surface area contributed by atoms with Gasteiger partial charge in [-0.15, -0.1) is 0 Å². The zero-order chi connectivity index (χ0) is 15.9. The molecule has 0 fully saturated rings. The van der Waals surface area contributed by atoms with Crippen molar-refractivity contribution in [2.45, 2.75) is 13.0 Å². The molecule has 0 heterocycles. The summed E-state index contributed by atoms with van der Waals surface area (Å²) in [5.41, 5.74) is 1.65. The molecule has 0 saturated carbocycles. The molecule has 0 spiro atoms. The second-order valence-corrected chi connectivity index (χ2v) is 4.57. The Balaban J connectivity index is 1.96. The fourth-order valence-electron chi connectivity index (χ4n) is 1.74. The van der Waals surface area contributed by atoms with Crippen LogP contribution >= 0.6 is 0 Å². The van der Waals surface area contributed by atoms with Gasteiger partial charge < -0.3 is 10.1 Å². The zero-order valence-corrected chi connectivity index (χ0v) is 11.9. The van der Waals surface area contributed by atoms with E-state index in [0.717, 1.165) is 0 Å². The summed E-state index contributed by atoms with van der Waals surface area (Å²) in [5.74, 6) is 0.218. The van der Waals surface area contributed by atoms with Crippen LogP contribution in [0.4, 0.5) is 5.69 Å². The number of nitrogens with one attached hydrogen (secondary N) is 1. The van der Waals surface area contributed by atoms with Crippen molar-refractivity contribution in [2.24, 2.45) is 0 Å². The fourth-order valence-corrected chi connectivity index (χ4v) is 1.74. The number of hydrogen-bond donors (Lipinski definition) is 1. The van der Waals surface area contributed by atoms with E-state index in [4.69, 9.17) is 15.3 Å². The molecule has 0 aliphatic heterocycles. The summed E-state index contributed by atoms with van der Waals surface area (Å²) in [6.07, 6.45) is -0.691. The fraction of sp³-hybridized carbons (Fsp3) is 0.118. The van der Waals surface area contributed by atoms with Gasteiger partial charge in [-0.05, 0) is 55.5 Å². The highest BCUT2D eigenvalue weighted by atomic mass is 16.5. The molecule has 0 bridgehead atoms. The van der Waals surface area contributed by atoms with Crippen molar-refractivity contribution in [2.75, 3.05) is 5.32 Å². The van der Waals surface area contributed by atoms with Crippen molar-refractivity contribution in [1.82, 2.24) is 0 Å². The van der Waals surface area contributed by atoms with E-state index in [9.17, 15) is 4.79 Å². The molecule has 108 valence electrons. The summed E-state index contributed by atoms with van der Waals surface area (Å²) >= 11 is 0. The highest BCUT2D eigenvalue weighted by Gasteiger charge is 2.14. The van der Waals surface area contributed by atoms with E-state index in [2.05, 4.69) is 5.32 Å². The van der Waals surface area contributed by atoms with Gasteiger partial charge in [0, 0.05) is 5.69 Å². The van der Waals surface area contributed by atoms with Gasteiger partial charge in [-0.25, -0.2) is 0 Å². The topological polar surface area (TPSA) is 85.9 Å². The van der Waals surface area contributed by atoms with Gasteiger partial charge in [0.15, 0.2) is 6.10 Å². The molecule has 5 nitrogen and oxygen atoms in total. The summed E-state index contributed by atoms with van der Waals surface area (Å²) in [5, 5.41) is 20.2. The summed E-state index contributed by atoms with van der Waals surface area (Å²) < 4.78 is 5.52. The van der Waals surface area contributed by atoms with E-state index in [0.29, 0.717) is 22.6 Å². The molecule has 2 rings (SSSR count). The van der Waals surface area contributed by atoms with Crippen LogP contribution in [0.3, 0.4) is 0 Å². The number of amides is 1. The maximum Gasteiger partial charge on any atom is 0.265 e. The van der Waals surface area contributed by atoms with Crippen LogP contribution in [0.2, 0.25) is 0 Å². The number of ether oxygens (including phenoxy) is 1. The summed E-state index contributed by atoms with van der Waals surface area (Å²) in [4.78, 5) is 12.0. The van der Waals surface area contributed by atoms with Crippen molar-refractivity contribution in [1.29, 1.82) is 10.5 Å². The number of hydrogen-bond acceptors (Lipinski definition) is 4. The van der Waals surface area contributed by atoms with Crippen LogP contribution in [-0.4, -0.2) is 12.0 Å². The van der Waals surface area contributed by atoms with E-state index in [1.807, 2.05) is 12.1 Å². The van der Waals surface area contributed by atoms with Gasteiger partial charge in [-0.1, -0.05) is 0 Å². The van der Waals surface area contributed by atoms with Crippen molar-refractivity contribution >= 4 is 11.6 Å². The summed E-state index contributed by atoms with van der Waals surface area (Å²) in [7, 11) is 0. The molecule has 5 heteroatoms. The van der Waals surface area contributed by atoms with Gasteiger partial charge in [0.05, 0.1) is 23.3 Å². The lowest BCUT2D eigenvalue weighted by Crippen LogP contribution is -2.30. The zero-order valence-electron chi connectivity index (χ0n) is 11.9. The molecule has 1 N–H and O–H groups in total. The average Bonchev–Trinajstić information content (AvgIpc) is 2.56. The normalized spacial score (nSPS) is 10.9. The Labute approximate surface area is 128 Å². The molecule has 0 radical (unpaired) electrons. The Morgan fingerprint density at radius 3 is 2.00 bits per heavy atom. The lowest BCUT2D eigenvalue weighted by atomic mass is 10.2. The standard InChI is InChI=1S/C17H13N3O2/c1-12(22-16-8-4-14(11-19)5-9-16)17(21)20-15-6-2-13(10-18)3-7-15/h2-9,12H,1H3,(H,20,21). The van der Waals surface area contributed by atoms with Crippen molar-refractivity contribution in [3.63, 3.8) is 0 Å². The first-order valence-electron chi connectivity index (χ1n) is 6.60. The number of carbonyl (C=O) groups is 1. The Morgan fingerprint density at radius 1 is 1.00 bits per heavy atom. The van der Waals surface area contributed by atoms with Crippen LogP contribution in [0, 0.1) is 22.7 Å². The Hall–Kier alpha value is -3.31. The number of nitrogens with zero attached hydrogens (tertiary/aromatic N) is 2. The maximum atomic E-state index is 12.0. The van der Waals surface area contributed by atoms with Crippen LogP contribution in [0.5, 0.6) is 5.75 Å². The van der Waals surface area contributed by atoms with Crippen LogP contribution in [0.1, 0.15) is 18.1 Å². The molecule has 22 heavy (non-hydrogen) atoms. The molecule has 1 unspecified atom stereocenters. The van der Waals surface area contributed by atoms with Gasteiger partial charge in [-0.2, -0.15) is 10.5 Å². The van der Waals surface area contributed by atoms with E-state index in [-0.39, 0.29) is 5.91 Å². The van der Waals surface area contributed by atoms with Gasteiger partial charge in [0.2, 0.25) is 0 Å². The molecule has 2 aromatic rings. The third-order valence-electron chi connectivity index (χ3n) is 2.95. The molecule has 0 aliphatic carbocycles. The van der Waals surface area contributed by atoms with Crippen LogP contribution in [-0.2, 0) is 4.79 Å². The molecular formula is C17H13N3O2. The lowest BCUT2D eigenvalue weighted by molar-refractivity contribution is -0.122. The van der Waals surface area contributed by atoms with Crippen molar-refractivity contribution < 1.29 is 9.53 Å². The lowest BCUT2D eigenvalue weighted by Gasteiger charge is -2.14. The number of carbonyl (C=O) groups excluding carboxylic acids is 1. The second-order valence-electron chi connectivity index (χ2n) is 4.57. The van der Waals surface area contributed by atoms with Gasteiger partial charge in [0.25, 0.3) is 5.91 Å². The summed E-state index contributed by atoms with van der Waals surface area (Å²) in [6.45, 7) is 1.64. The first-order valence-corrected chi connectivity index (χ1v) is 6.60. The molecule has 2 aromatic carbocycles. The van der Waals surface area contributed by atoms with Crippen LogP contribution in [0.25, 0.3) is 0 Å². The number of nitriles is 2. The minimum Gasteiger partial charge on any atom is -0.481 e. The van der Waals surface area contributed by atoms with Crippen molar-refractivity contribution in [3.05, 3.63) is 59.7 Å². The van der Waals surface area contributed by atoms with E-state index in [1.54, 1.807) is 55.5 Å². The van der Waals surface area contributed by atoms with E-state index < -0.39 is 6.10 Å². The smallest absolute Gasteiger partial charge is 0.265 e. The first kappa shape index (κ1) is 15.1. The predicted molar refractivity (Wildman–Crippen MR) is 81.0 cm³/mol. The third-order valence-corrected chi connectivity index (χ3v) is 2.95. The Morgan fingerprint density at radius 2 is 1.50 bits per heavy atom. The molecule has 0 aromatic heterocycles. The Bertz CT molecular complexity index is 737. The molecule has 1 atom stereocenters. The third kappa shape index (κ3) is 3.84. The molecule has 0 aliphatic rings. The maximum absolute atomic E-state index is 12.0. The van der Waals surface area contributed by atoms with Crippen LogP contribution in [0.15, 0.2) is 48.5 Å². The molecular weight excluding hydrogens is 278 g/mol. The average molecular weight is 291 g/mol. The van der Waals surface area contributed by atoms with E-state index >= 15 is 0 Å². The van der Waals surface area contributed by atoms with Gasteiger partial charge in [0.1, 0.15) is 5.75 Å². The largest absolute Gasteiger partial charge is 0.481 e. The number of benzene rings is 2. The van der Waals surface area contributed by atoms with Crippen molar-refractivity contribution in [3.8, 4) is 17.9 Å². The number of rotatable bonds is 4. The highest BCUT2D eigenvalue weighted by Crippen LogP contribution is 2.15. The second kappa shape index (κ2) is 6.92. The van der Waals surface area contributed by atoms with Gasteiger partial charge >= 0.3 is 0 Å². The number of anilines is 1. The monoisotopic (exact) mass is 291 g/mol. The highest BCUT2D eigenvalue weighted by molar-refractivity contribution is 5.94. The quantitative estimate of drug-likeness (QED) is 0.938. The molecule has 1 amide bonds. The predicted octanol–water partition coefficient (Wildman–Crippen LogP) is 2.84. The molecule has 0 saturated heterocycles. The van der Waals surface area contributed by atoms with Crippen LogP contribution < -0.4 is 10.1 Å².